The monoisotopic (exact) mass is 458 g/mol. The Morgan fingerprint density at radius 1 is 1.10 bits per heavy atom. The van der Waals surface area contributed by atoms with Gasteiger partial charge in [-0.05, 0) is 57.5 Å². The molecule has 0 aromatic rings. The van der Waals surface area contributed by atoms with Crippen LogP contribution in [0.1, 0.15) is 65.7 Å². The maximum Gasteiger partial charge on any atom is 0.408 e. The number of thioether (sulfide) groups is 2. The molecule has 3 rings (SSSR count). The number of carbonyl (C=O) groups is 3. The smallest absolute Gasteiger partial charge is 0.408 e. The minimum atomic E-state index is -0.966. The van der Waals surface area contributed by atoms with E-state index in [9.17, 15) is 19.5 Å². The average molecular weight is 459 g/mol. The molecule has 0 aromatic carbocycles. The first kappa shape index (κ1) is 23.6. The standard InChI is InChI=1S/C21H34N2O5S2/c1-20(2,3)28-19(27)22-16(14-8-5-4-6-9-14)17(24)23-13-21(12-15(23)18(25)26)29-10-7-11-30-21/h14-16H,4-13H2,1-3H3,(H,22,27)(H,25,26). The molecule has 2 aliphatic heterocycles. The summed E-state index contributed by atoms with van der Waals surface area (Å²) in [6.07, 6.45) is 5.81. The van der Waals surface area contributed by atoms with Crippen molar-refractivity contribution in [2.45, 2.75) is 87.5 Å². The van der Waals surface area contributed by atoms with E-state index in [0.29, 0.717) is 13.0 Å². The van der Waals surface area contributed by atoms with E-state index >= 15 is 0 Å². The molecule has 0 bridgehead atoms. The molecular formula is C21H34N2O5S2. The van der Waals surface area contributed by atoms with E-state index in [2.05, 4.69) is 5.32 Å². The van der Waals surface area contributed by atoms with Crippen molar-refractivity contribution in [1.82, 2.24) is 10.2 Å². The van der Waals surface area contributed by atoms with Gasteiger partial charge in [0.1, 0.15) is 17.7 Å². The molecule has 7 nitrogen and oxygen atoms in total. The molecular weight excluding hydrogens is 424 g/mol. The maximum atomic E-state index is 13.7. The Morgan fingerprint density at radius 2 is 1.73 bits per heavy atom. The number of alkyl carbamates (subject to hydrolysis) is 1. The first-order valence-electron chi connectivity index (χ1n) is 10.9. The largest absolute Gasteiger partial charge is 0.480 e. The number of carboxylic acid groups (broad SMARTS) is 1. The van der Waals surface area contributed by atoms with Crippen LogP contribution in [-0.4, -0.2) is 67.8 Å². The van der Waals surface area contributed by atoms with Crippen LogP contribution in [0.5, 0.6) is 0 Å². The molecule has 2 amide bonds. The summed E-state index contributed by atoms with van der Waals surface area (Å²) in [7, 11) is 0. The van der Waals surface area contributed by atoms with Crippen LogP contribution in [0.3, 0.4) is 0 Å². The molecule has 170 valence electrons. The minimum absolute atomic E-state index is 0.0106. The highest BCUT2D eigenvalue weighted by atomic mass is 32.2. The lowest BCUT2D eigenvalue weighted by molar-refractivity contribution is -0.149. The summed E-state index contributed by atoms with van der Waals surface area (Å²) < 4.78 is 5.16. The molecule has 2 N–H and O–H groups in total. The van der Waals surface area contributed by atoms with Gasteiger partial charge in [-0.25, -0.2) is 9.59 Å². The summed E-state index contributed by atoms with van der Waals surface area (Å²) in [5.74, 6) is 0.750. The van der Waals surface area contributed by atoms with Crippen molar-refractivity contribution in [2.24, 2.45) is 5.92 Å². The lowest BCUT2D eigenvalue weighted by Gasteiger charge is -2.35. The number of hydrogen-bond acceptors (Lipinski definition) is 6. The van der Waals surface area contributed by atoms with Crippen molar-refractivity contribution in [3.05, 3.63) is 0 Å². The molecule has 0 radical (unpaired) electrons. The van der Waals surface area contributed by atoms with E-state index in [1.807, 2.05) is 0 Å². The van der Waals surface area contributed by atoms with Gasteiger partial charge in [-0.15, -0.1) is 23.5 Å². The maximum absolute atomic E-state index is 13.7. The van der Waals surface area contributed by atoms with Crippen LogP contribution >= 0.6 is 23.5 Å². The number of rotatable bonds is 4. The van der Waals surface area contributed by atoms with Gasteiger partial charge >= 0.3 is 12.1 Å². The molecule has 2 unspecified atom stereocenters. The minimum Gasteiger partial charge on any atom is -0.480 e. The highest BCUT2D eigenvalue weighted by Crippen LogP contribution is 2.50. The fraction of sp³-hybridized carbons (Fsp3) is 0.857. The molecule has 1 spiro atoms. The molecule has 0 aromatic heterocycles. The number of likely N-dealkylation sites (tertiary alicyclic amines) is 1. The fourth-order valence-corrected chi connectivity index (χ4v) is 7.93. The second-order valence-electron chi connectivity index (χ2n) is 9.51. The van der Waals surface area contributed by atoms with Crippen molar-refractivity contribution >= 4 is 41.5 Å². The van der Waals surface area contributed by atoms with Gasteiger partial charge < -0.3 is 20.1 Å². The van der Waals surface area contributed by atoms with E-state index in [1.54, 1.807) is 44.3 Å². The highest BCUT2D eigenvalue weighted by molar-refractivity contribution is 8.18. The van der Waals surface area contributed by atoms with E-state index in [-0.39, 0.29) is 15.9 Å². The Morgan fingerprint density at radius 3 is 2.30 bits per heavy atom. The highest BCUT2D eigenvalue weighted by Gasteiger charge is 2.52. The van der Waals surface area contributed by atoms with Gasteiger partial charge in [0.2, 0.25) is 5.91 Å². The van der Waals surface area contributed by atoms with Gasteiger partial charge in [0.25, 0.3) is 0 Å². The average Bonchev–Trinajstić information content (AvgIpc) is 3.05. The molecule has 1 saturated carbocycles. The first-order chi connectivity index (χ1) is 14.1. The molecule has 2 atom stereocenters. The summed E-state index contributed by atoms with van der Waals surface area (Å²) >= 11 is 3.56. The predicted octanol–water partition coefficient (Wildman–Crippen LogP) is 3.71. The normalized spacial score (nSPS) is 25.7. The summed E-state index contributed by atoms with van der Waals surface area (Å²) in [5.41, 5.74) is -0.666. The Balaban J connectivity index is 1.80. The third kappa shape index (κ3) is 5.78. The van der Waals surface area contributed by atoms with Crippen molar-refractivity contribution in [2.75, 3.05) is 18.1 Å². The Bertz CT molecular complexity index is 654. The van der Waals surface area contributed by atoms with Crippen LogP contribution in [0.2, 0.25) is 0 Å². The van der Waals surface area contributed by atoms with E-state index < -0.39 is 29.7 Å². The predicted molar refractivity (Wildman–Crippen MR) is 120 cm³/mol. The summed E-state index contributed by atoms with van der Waals surface area (Å²) in [4.78, 5) is 39.7. The molecule has 3 aliphatic rings. The van der Waals surface area contributed by atoms with Crippen molar-refractivity contribution in [3.8, 4) is 0 Å². The van der Waals surface area contributed by atoms with Crippen LogP contribution < -0.4 is 5.32 Å². The van der Waals surface area contributed by atoms with Crippen LogP contribution in [0.4, 0.5) is 4.79 Å². The lowest BCUT2D eigenvalue weighted by atomic mass is 9.83. The van der Waals surface area contributed by atoms with Crippen molar-refractivity contribution in [3.63, 3.8) is 0 Å². The lowest BCUT2D eigenvalue weighted by Crippen LogP contribution is -2.55. The zero-order chi connectivity index (χ0) is 21.9. The zero-order valence-electron chi connectivity index (χ0n) is 18.1. The first-order valence-corrected chi connectivity index (χ1v) is 12.9. The third-order valence-corrected chi connectivity index (χ3v) is 9.27. The van der Waals surface area contributed by atoms with Crippen LogP contribution in [-0.2, 0) is 14.3 Å². The molecule has 2 saturated heterocycles. The molecule has 1 aliphatic carbocycles. The van der Waals surface area contributed by atoms with Crippen LogP contribution in [0.15, 0.2) is 0 Å². The number of hydrogen-bond donors (Lipinski definition) is 2. The summed E-state index contributed by atoms with van der Waals surface area (Å²) in [5, 5.41) is 12.7. The Hall–Kier alpha value is -1.09. The SMILES string of the molecule is CC(C)(C)OC(=O)NC(C(=O)N1CC2(CC1C(=O)O)SCCCS2)C1CCCCC1. The molecule has 9 heteroatoms. The fourth-order valence-electron chi connectivity index (χ4n) is 4.58. The van der Waals surface area contributed by atoms with Gasteiger partial charge in [-0.2, -0.15) is 0 Å². The summed E-state index contributed by atoms with van der Waals surface area (Å²) in [6.45, 7) is 5.77. The Kier molecular flexibility index (Phi) is 7.53. The number of amides is 2. The van der Waals surface area contributed by atoms with Gasteiger partial charge in [0.15, 0.2) is 0 Å². The van der Waals surface area contributed by atoms with Crippen LogP contribution in [0, 0.1) is 5.92 Å². The second-order valence-corrected chi connectivity index (χ2v) is 12.7. The van der Waals surface area contributed by atoms with Gasteiger partial charge in [0, 0.05) is 13.0 Å². The topological polar surface area (TPSA) is 95.9 Å². The number of aliphatic carboxylic acids is 1. The Labute approximate surface area is 187 Å². The van der Waals surface area contributed by atoms with Gasteiger partial charge in [-0.1, -0.05) is 19.3 Å². The molecule has 30 heavy (non-hydrogen) atoms. The van der Waals surface area contributed by atoms with E-state index in [0.717, 1.165) is 50.0 Å². The van der Waals surface area contributed by atoms with Crippen molar-refractivity contribution in [1.29, 1.82) is 0 Å². The number of carboxylic acids is 1. The van der Waals surface area contributed by atoms with Gasteiger partial charge in [0.05, 0.1) is 4.08 Å². The second kappa shape index (κ2) is 9.59. The molecule has 2 heterocycles. The van der Waals surface area contributed by atoms with E-state index in [1.165, 1.54) is 4.90 Å². The van der Waals surface area contributed by atoms with Gasteiger partial charge in [-0.3, -0.25) is 4.79 Å². The third-order valence-electron chi connectivity index (χ3n) is 5.94. The number of carbonyl (C=O) groups excluding carboxylic acids is 2. The van der Waals surface area contributed by atoms with Crippen LogP contribution in [0.25, 0.3) is 0 Å². The number of ether oxygens (including phenoxy) is 1. The zero-order valence-corrected chi connectivity index (χ0v) is 19.8. The molecule has 3 fully saturated rings. The quantitative estimate of drug-likeness (QED) is 0.663. The summed E-state index contributed by atoms with van der Waals surface area (Å²) in [6, 6.07) is -1.59. The number of nitrogens with one attached hydrogen (secondary N) is 1. The number of nitrogens with zero attached hydrogens (tertiary/aromatic N) is 1. The van der Waals surface area contributed by atoms with Crippen molar-refractivity contribution < 1.29 is 24.2 Å². The van der Waals surface area contributed by atoms with E-state index in [4.69, 9.17) is 4.74 Å².